The van der Waals surface area contributed by atoms with E-state index in [0.29, 0.717) is 0 Å². The van der Waals surface area contributed by atoms with Crippen molar-refractivity contribution in [2.45, 2.75) is 129 Å². The molecular formula is C34H48S2. The van der Waals surface area contributed by atoms with Gasteiger partial charge in [-0.15, -0.1) is 22.7 Å². The molecule has 0 saturated carbocycles. The molecule has 0 nitrogen and oxygen atoms in total. The van der Waals surface area contributed by atoms with Crippen molar-refractivity contribution in [3.63, 3.8) is 0 Å². The summed E-state index contributed by atoms with van der Waals surface area (Å²) in [7, 11) is 0. The van der Waals surface area contributed by atoms with E-state index in [1.807, 2.05) is 22.7 Å². The van der Waals surface area contributed by atoms with Gasteiger partial charge in [-0.25, -0.2) is 0 Å². The Kier molecular flexibility index (Phi) is 11.6. The van der Waals surface area contributed by atoms with E-state index in [4.69, 9.17) is 0 Å². The van der Waals surface area contributed by atoms with E-state index in [9.17, 15) is 0 Å². The second kappa shape index (κ2) is 15.1. The van der Waals surface area contributed by atoms with Crippen LogP contribution in [0.2, 0.25) is 0 Å². The van der Waals surface area contributed by atoms with Crippen LogP contribution >= 0.6 is 22.7 Å². The Morgan fingerprint density at radius 2 is 0.833 bits per heavy atom. The minimum atomic E-state index is 1.23. The maximum atomic E-state index is 2.54. The molecule has 4 rings (SSSR count). The smallest absolute Gasteiger partial charge is 0.0352 e. The third kappa shape index (κ3) is 7.35. The zero-order valence-electron chi connectivity index (χ0n) is 23.0. The van der Waals surface area contributed by atoms with Crippen LogP contribution in [-0.4, -0.2) is 0 Å². The van der Waals surface area contributed by atoms with Gasteiger partial charge in [0.25, 0.3) is 0 Å². The van der Waals surface area contributed by atoms with Crippen LogP contribution < -0.4 is 0 Å². The molecule has 0 saturated heterocycles. The number of hydrogen-bond donors (Lipinski definition) is 0. The van der Waals surface area contributed by atoms with Crippen molar-refractivity contribution < 1.29 is 0 Å². The minimum absolute atomic E-state index is 1.23. The normalized spacial score (nSPS) is 11.9. The number of hydrogen-bond acceptors (Lipinski definition) is 2. The lowest BCUT2D eigenvalue weighted by molar-refractivity contribution is 0.575. The molecule has 2 aromatic carbocycles. The maximum Gasteiger partial charge on any atom is 0.0352 e. The Morgan fingerprint density at radius 1 is 0.472 bits per heavy atom. The van der Waals surface area contributed by atoms with E-state index in [0.717, 1.165) is 0 Å². The summed E-state index contributed by atoms with van der Waals surface area (Å²) in [4.78, 5) is 0. The highest BCUT2D eigenvalue weighted by Crippen LogP contribution is 2.41. The Hall–Kier alpha value is -1.38. The average Bonchev–Trinajstić information content (AvgIpc) is 3.56. The predicted octanol–water partition coefficient (Wildman–Crippen LogP) is 12.6. The standard InChI is InChI=1S/C34H48S2/c1-3-5-7-9-11-13-15-17-19-27-25-31-30(22-24-35-31)34-28(20-18-16-14-12-10-8-6-4-2)26-32-29(33(27)34)21-23-36-32/h21-26H,3-20H2,1-2H3. The maximum absolute atomic E-state index is 2.54. The van der Waals surface area contributed by atoms with Gasteiger partial charge in [0.2, 0.25) is 0 Å². The van der Waals surface area contributed by atoms with Crippen LogP contribution in [0.5, 0.6) is 0 Å². The van der Waals surface area contributed by atoms with E-state index in [-0.39, 0.29) is 0 Å². The van der Waals surface area contributed by atoms with Gasteiger partial charge in [0.05, 0.1) is 0 Å². The first kappa shape index (κ1) is 27.6. The molecule has 196 valence electrons. The van der Waals surface area contributed by atoms with E-state index in [2.05, 4.69) is 48.9 Å². The van der Waals surface area contributed by atoms with Crippen LogP contribution in [0.3, 0.4) is 0 Å². The number of thiophene rings is 2. The van der Waals surface area contributed by atoms with Crippen molar-refractivity contribution >= 4 is 53.6 Å². The van der Waals surface area contributed by atoms with Gasteiger partial charge in [-0.3, -0.25) is 0 Å². The molecule has 0 radical (unpaired) electrons. The van der Waals surface area contributed by atoms with Gasteiger partial charge in [-0.1, -0.05) is 104 Å². The Morgan fingerprint density at radius 3 is 1.22 bits per heavy atom. The number of unbranched alkanes of at least 4 members (excludes halogenated alkanes) is 14. The molecule has 0 amide bonds. The lowest BCUT2D eigenvalue weighted by Crippen LogP contribution is -1.94. The van der Waals surface area contributed by atoms with Gasteiger partial charge in [-0.2, -0.15) is 0 Å². The predicted molar refractivity (Wildman–Crippen MR) is 167 cm³/mol. The van der Waals surface area contributed by atoms with Gasteiger partial charge in [0.15, 0.2) is 0 Å². The van der Waals surface area contributed by atoms with Crippen LogP contribution in [0.1, 0.15) is 128 Å². The molecule has 0 fully saturated rings. The van der Waals surface area contributed by atoms with Gasteiger partial charge < -0.3 is 0 Å². The fourth-order valence-corrected chi connectivity index (χ4v) is 7.69. The highest BCUT2D eigenvalue weighted by Gasteiger charge is 2.15. The first-order chi connectivity index (χ1) is 17.8. The summed E-state index contributed by atoms with van der Waals surface area (Å²) in [5.41, 5.74) is 3.21. The fourth-order valence-electron chi connectivity index (χ4n) is 5.97. The number of rotatable bonds is 18. The molecule has 0 N–H and O–H groups in total. The summed E-state index contributed by atoms with van der Waals surface area (Å²) in [5, 5.41) is 10.8. The van der Waals surface area contributed by atoms with Crippen molar-refractivity contribution in [3.05, 3.63) is 46.2 Å². The van der Waals surface area contributed by atoms with E-state index < -0.39 is 0 Å². The first-order valence-corrected chi connectivity index (χ1v) is 16.9. The number of fused-ring (bicyclic) bond motifs is 5. The monoisotopic (exact) mass is 520 g/mol. The van der Waals surface area contributed by atoms with Crippen LogP contribution in [0.15, 0.2) is 35.0 Å². The molecule has 4 aromatic rings. The summed E-state index contributed by atoms with van der Waals surface area (Å²) in [6.07, 6.45) is 24.7. The number of benzene rings is 2. The molecule has 2 aromatic heterocycles. The Balaban J connectivity index is 1.48. The van der Waals surface area contributed by atoms with Gasteiger partial charge in [0, 0.05) is 20.2 Å². The molecule has 0 spiro atoms. The van der Waals surface area contributed by atoms with E-state index in [1.165, 1.54) is 136 Å². The van der Waals surface area contributed by atoms with E-state index >= 15 is 0 Å². The third-order valence-electron chi connectivity index (χ3n) is 8.03. The van der Waals surface area contributed by atoms with Gasteiger partial charge in [-0.05, 0) is 82.6 Å². The third-order valence-corrected chi connectivity index (χ3v) is 9.76. The van der Waals surface area contributed by atoms with Crippen molar-refractivity contribution in [1.29, 1.82) is 0 Å². The SMILES string of the molecule is CCCCCCCCCCc1cc2sccc2c2c(CCCCCCCCCC)cc3sccc3c12. The molecule has 0 aliphatic heterocycles. The molecule has 0 aliphatic carbocycles. The summed E-state index contributed by atoms with van der Waals surface area (Å²) in [6, 6.07) is 9.86. The lowest BCUT2D eigenvalue weighted by atomic mass is 9.90. The highest BCUT2D eigenvalue weighted by molar-refractivity contribution is 7.18. The van der Waals surface area contributed by atoms with Crippen LogP contribution in [0.4, 0.5) is 0 Å². The van der Waals surface area contributed by atoms with E-state index in [1.54, 1.807) is 21.9 Å². The molecule has 2 heteroatoms. The van der Waals surface area contributed by atoms with Crippen molar-refractivity contribution in [1.82, 2.24) is 0 Å². The summed E-state index contributed by atoms with van der Waals surface area (Å²) in [5.74, 6) is 0. The molecule has 0 bridgehead atoms. The number of aryl methyl sites for hydroxylation is 2. The van der Waals surface area contributed by atoms with Crippen LogP contribution in [0, 0.1) is 0 Å². The summed E-state index contributed by atoms with van der Waals surface area (Å²) >= 11 is 3.86. The van der Waals surface area contributed by atoms with Crippen molar-refractivity contribution in [3.8, 4) is 0 Å². The highest BCUT2D eigenvalue weighted by atomic mass is 32.1. The fraction of sp³-hybridized carbons (Fsp3) is 0.588. The van der Waals surface area contributed by atoms with Gasteiger partial charge in [0.1, 0.15) is 0 Å². The zero-order valence-corrected chi connectivity index (χ0v) is 24.6. The quantitative estimate of drug-likeness (QED) is 0.114. The Labute approximate surface area is 228 Å². The Bertz CT molecular complexity index is 1080. The van der Waals surface area contributed by atoms with Gasteiger partial charge >= 0.3 is 0 Å². The van der Waals surface area contributed by atoms with Crippen LogP contribution in [0.25, 0.3) is 30.9 Å². The zero-order chi connectivity index (χ0) is 25.0. The largest absolute Gasteiger partial charge is 0.144 e. The van der Waals surface area contributed by atoms with Crippen LogP contribution in [-0.2, 0) is 12.8 Å². The topological polar surface area (TPSA) is 0 Å². The molecule has 0 aliphatic rings. The lowest BCUT2D eigenvalue weighted by Gasteiger charge is -2.15. The second-order valence-corrected chi connectivity index (χ2v) is 12.8. The molecule has 0 atom stereocenters. The summed E-state index contributed by atoms with van der Waals surface area (Å²) < 4.78 is 2.98. The summed E-state index contributed by atoms with van der Waals surface area (Å²) in [6.45, 7) is 4.61. The molecule has 0 unspecified atom stereocenters. The molecular weight excluding hydrogens is 473 g/mol. The molecule has 36 heavy (non-hydrogen) atoms. The average molecular weight is 521 g/mol. The van der Waals surface area contributed by atoms with Crippen molar-refractivity contribution in [2.24, 2.45) is 0 Å². The first-order valence-electron chi connectivity index (χ1n) is 15.1. The molecule has 2 heterocycles. The minimum Gasteiger partial charge on any atom is -0.144 e. The second-order valence-electron chi connectivity index (χ2n) is 10.9. The van der Waals surface area contributed by atoms with Crippen molar-refractivity contribution in [2.75, 3.05) is 0 Å².